The van der Waals surface area contributed by atoms with Crippen molar-refractivity contribution in [1.82, 2.24) is 10.6 Å². The van der Waals surface area contributed by atoms with E-state index in [1.54, 1.807) is 21.3 Å². The van der Waals surface area contributed by atoms with Gasteiger partial charge in [0.25, 0.3) is 0 Å². The summed E-state index contributed by atoms with van der Waals surface area (Å²) < 4.78 is 10.6. The van der Waals surface area contributed by atoms with Crippen LogP contribution in [0, 0.1) is 0 Å². The molecule has 0 spiro atoms. The third-order valence-corrected chi connectivity index (χ3v) is 4.86. The molecule has 0 unspecified atom stereocenters. The average molecular weight is 374 g/mol. The molecule has 2 rings (SSSR count). The van der Waals surface area contributed by atoms with Gasteiger partial charge in [0.15, 0.2) is 17.5 Å². The van der Waals surface area contributed by atoms with Crippen LogP contribution in [0.3, 0.4) is 0 Å². The van der Waals surface area contributed by atoms with Crippen LogP contribution in [0.25, 0.3) is 0 Å². The van der Waals surface area contributed by atoms with Gasteiger partial charge in [-0.3, -0.25) is 4.99 Å². The van der Waals surface area contributed by atoms with Crippen molar-refractivity contribution < 1.29 is 9.47 Å². The Morgan fingerprint density at radius 2 is 1.77 bits per heavy atom. The van der Waals surface area contributed by atoms with E-state index in [1.807, 2.05) is 36.0 Å². The monoisotopic (exact) mass is 373 g/mol. The van der Waals surface area contributed by atoms with Crippen LogP contribution in [0.4, 0.5) is 0 Å². The van der Waals surface area contributed by atoms with Gasteiger partial charge >= 0.3 is 0 Å². The molecule has 0 saturated heterocycles. The molecule has 2 aromatic carbocycles. The van der Waals surface area contributed by atoms with Crippen molar-refractivity contribution in [3.8, 4) is 11.5 Å². The van der Waals surface area contributed by atoms with E-state index in [1.165, 1.54) is 4.90 Å². The molecule has 0 heterocycles. The lowest BCUT2D eigenvalue weighted by Crippen LogP contribution is -2.37. The van der Waals surface area contributed by atoms with Crippen molar-refractivity contribution in [2.75, 3.05) is 33.6 Å². The molecule has 0 radical (unpaired) electrons. The summed E-state index contributed by atoms with van der Waals surface area (Å²) in [5, 5.41) is 6.67. The minimum absolute atomic E-state index is 0.665. The van der Waals surface area contributed by atoms with Crippen LogP contribution in [0.15, 0.2) is 58.4 Å². The number of nitrogens with zero attached hydrogens (tertiary/aromatic N) is 1. The summed E-state index contributed by atoms with van der Waals surface area (Å²) in [6, 6.07) is 16.4. The molecule has 0 fully saturated rings. The Labute approximate surface area is 160 Å². The minimum Gasteiger partial charge on any atom is -0.493 e. The zero-order valence-electron chi connectivity index (χ0n) is 15.6. The van der Waals surface area contributed by atoms with Crippen LogP contribution < -0.4 is 20.1 Å². The van der Waals surface area contributed by atoms with Gasteiger partial charge in [-0.15, -0.1) is 11.8 Å². The van der Waals surface area contributed by atoms with Gasteiger partial charge in [0.1, 0.15) is 0 Å². The molecule has 2 N–H and O–H groups in total. The highest BCUT2D eigenvalue weighted by Crippen LogP contribution is 2.27. The Bertz CT molecular complexity index is 693. The molecule has 140 valence electrons. The molecule has 0 atom stereocenters. The predicted molar refractivity (Wildman–Crippen MR) is 110 cm³/mol. The van der Waals surface area contributed by atoms with Crippen molar-refractivity contribution in [2.24, 2.45) is 4.99 Å². The zero-order chi connectivity index (χ0) is 18.6. The molecule has 0 bridgehead atoms. The van der Waals surface area contributed by atoms with Crippen LogP contribution in [0.5, 0.6) is 11.5 Å². The molecule has 0 aliphatic carbocycles. The molecular weight excluding hydrogens is 346 g/mol. The predicted octanol–water partition coefficient (Wildman–Crippen LogP) is 3.55. The quantitative estimate of drug-likeness (QED) is 0.305. The number of ether oxygens (including phenoxy) is 2. The van der Waals surface area contributed by atoms with Crippen LogP contribution >= 0.6 is 11.8 Å². The van der Waals surface area contributed by atoms with E-state index in [9.17, 15) is 0 Å². The fourth-order valence-corrected chi connectivity index (χ4v) is 3.26. The summed E-state index contributed by atoms with van der Waals surface area (Å²) in [6.07, 6.45) is 1.07. The summed E-state index contributed by atoms with van der Waals surface area (Å²) in [7, 11) is 5.06. The van der Waals surface area contributed by atoms with E-state index < -0.39 is 0 Å². The van der Waals surface area contributed by atoms with Crippen molar-refractivity contribution in [2.45, 2.75) is 17.9 Å². The van der Waals surface area contributed by atoms with Gasteiger partial charge in [-0.05, 0) is 42.0 Å². The number of hydrogen-bond donors (Lipinski definition) is 2. The van der Waals surface area contributed by atoms with E-state index in [-0.39, 0.29) is 0 Å². The summed E-state index contributed by atoms with van der Waals surface area (Å²) in [5.74, 6) is 3.33. The first-order chi connectivity index (χ1) is 12.8. The van der Waals surface area contributed by atoms with Gasteiger partial charge in [0.05, 0.1) is 14.2 Å². The summed E-state index contributed by atoms with van der Waals surface area (Å²) in [4.78, 5) is 5.58. The highest BCUT2D eigenvalue weighted by atomic mass is 32.2. The van der Waals surface area contributed by atoms with E-state index in [2.05, 4.69) is 39.9 Å². The van der Waals surface area contributed by atoms with Crippen molar-refractivity contribution in [3.05, 3.63) is 54.1 Å². The highest BCUT2D eigenvalue weighted by Gasteiger charge is 2.05. The molecule has 2 aromatic rings. The van der Waals surface area contributed by atoms with Gasteiger partial charge in [0.2, 0.25) is 0 Å². The first-order valence-corrected chi connectivity index (χ1v) is 9.58. The van der Waals surface area contributed by atoms with Crippen LogP contribution in [0.2, 0.25) is 0 Å². The van der Waals surface area contributed by atoms with Crippen molar-refractivity contribution >= 4 is 17.7 Å². The van der Waals surface area contributed by atoms with Crippen molar-refractivity contribution in [1.29, 1.82) is 0 Å². The Kier molecular flexibility index (Phi) is 8.69. The largest absolute Gasteiger partial charge is 0.493 e. The smallest absolute Gasteiger partial charge is 0.191 e. The maximum absolute atomic E-state index is 5.34. The fraction of sp³-hybridized carbons (Fsp3) is 0.350. The van der Waals surface area contributed by atoms with E-state index >= 15 is 0 Å². The molecule has 5 nitrogen and oxygen atoms in total. The molecule has 0 amide bonds. The first kappa shape index (κ1) is 20.0. The minimum atomic E-state index is 0.665. The van der Waals surface area contributed by atoms with Crippen LogP contribution in [-0.2, 0) is 6.54 Å². The number of nitrogens with one attached hydrogen (secondary N) is 2. The normalized spacial score (nSPS) is 11.1. The number of rotatable bonds is 9. The van der Waals surface area contributed by atoms with Gasteiger partial charge in [-0.2, -0.15) is 0 Å². The summed E-state index contributed by atoms with van der Waals surface area (Å²) in [5.41, 5.74) is 1.10. The first-order valence-electron chi connectivity index (χ1n) is 8.60. The number of guanidine groups is 1. The molecule has 0 aliphatic heterocycles. The van der Waals surface area contributed by atoms with E-state index in [4.69, 9.17) is 9.47 Å². The topological polar surface area (TPSA) is 54.9 Å². The Hall–Kier alpha value is -2.34. The Morgan fingerprint density at radius 3 is 2.46 bits per heavy atom. The van der Waals surface area contributed by atoms with E-state index in [0.29, 0.717) is 6.54 Å². The lowest BCUT2D eigenvalue weighted by molar-refractivity contribution is 0.354. The number of aliphatic imine (C=N–C) groups is 1. The summed E-state index contributed by atoms with van der Waals surface area (Å²) in [6.45, 7) is 1.55. The lowest BCUT2D eigenvalue weighted by atomic mass is 10.2. The van der Waals surface area contributed by atoms with Gasteiger partial charge in [-0.25, -0.2) is 0 Å². The standard InChI is InChI=1S/C20H27N3O2S/c1-21-20(22-12-7-13-26-17-8-5-4-6-9-17)23-15-16-10-11-18(24-2)19(14-16)25-3/h4-6,8-11,14H,7,12-13,15H2,1-3H3,(H2,21,22,23). The Morgan fingerprint density at radius 1 is 1.00 bits per heavy atom. The number of thioether (sulfide) groups is 1. The third-order valence-electron chi connectivity index (χ3n) is 3.76. The fourth-order valence-electron chi connectivity index (χ4n) is 2.38. The highest BCUT2D eigenvalue weighted by molar-refractivity contribution is 7.99. The van der Waals surface area contributed by atoms with Gasteiger partial charge < -0.3 is 20.1 Å². The number of benzene rings is 2. The second-order valence-corrected chi connectivity index (χ2v) is 6.73. The van der Waals surface area contributed by atoms with Crippen molar-refractivity contribution in [3.63, 3.8) is 0 Å². The zero-order valence-corrected chi connectivity index (χ0v) is 16.4. The molecule has 26 heavy (non-hydrogen) atoms. The number of methoxy groups -OCH3 is 2. The summed E-state index contributed by atoms with van der Waals surface area (Å²) >= 11 is 1.87. The van der Waals surface area contributed by atoms with E-state index in [0.717, 1.165) is 41.7 Å². The van der Waals surface area contributed by atoms with Crippen LogP contribution in [0.1, 0.15) is 12.0 Å². The Balaban J connectivity index is 1.70. The maximum atomic E-state index is 5.34. The maximum Gasteiger partial charge on any atom is 0.191 e. The van der Waals surface area contributed by atoms with Crippen LogP contribution in [-0.4, -0.2) is 39.5 Å². The second-order valence-electron chi connectivity index (χ2n) is 5.56. The lowest BCUT2D eigenvalue weighted by Gasteiger charge is -2.13. The number of hydrogen-bond acceptors (Lipinski definition) is 4. The molecule has 0 aromatic heterocycles. The van der Waals surface area contributed by atoms with Gasteiger partial charge in [0, 0.05) is 25.0 Å². The molecule has 0 aliphatic rings. The molecule has 6 heteroatoms. The third kappa shape index (κ3) is 6.52. The average Bonchev–Trinajstić information content (AvgIpc) is 2.70. The molecule has 0 saturated carbocycles. The SMILES string of the molecule is CN=C(NCCCSc1ccccc1)NCc1ccc(OC)c(OC)c1. The van der Waals surface area contributed by atoms with Gasteiger partial charge in [-0.1, -0.05) is 24.3 Å². The second kappa shape index (κ2) is 11.3. The molecular formula is C20H27N3O2S.